The highest BCUT2D eigenvalue weighted by Crippen LogP contribution is 2.32. The molecule has 0 aliphatic carbocycles. The van der Waals surface area contributed by atoms with Crippen LogP contribution in [0.5, 0.6) is 0 Å². The molecule has 4 rings (SSSR count). The molecule has 0 unspecified atom stereocenters. The summed E-state index contributed by atoms with van der Waals surface area (Å²) in [6, 6.07) is 6.28. The van der Waals surface area contributed by atoms with Crippen molar-refractivity contribution in [2.45, 2.75) is 19.4 Å². The van der Waals surface area contributed by atoms with Gasteiger partial charge in [-0.1, -0.05) is 12.1 Å². The lowest BCUT2D eigenvalue weighted by molar-refractivity contribution is 0.284. The molecule has 1 saturated heterocycles. The van der Waals surface area contributed by atoms with Gasteiger partial charge in [0.05, 0.1) is 12.3 Å². The van der Waals surface area contributed by atoms with Gasteiger partial charge >= 0.3 is 0 Å². The molecule has 0 atom stereocenters. The Morgan fingerprint density at radius 3 is 2.78 bits per heavy atom. The average Bonchev–Trinajstić information content (AvgIpc) is 3.22. The SMILES string of the molecule is OCc1c(-c2cccc(F)c2)nn2ccnc(N3CCCC3)c12. The molecule has 0 saturated carbocycles. The first kappa shape index (κ1) is 14.1. The van der Waals surface area contributed by atoms with Crippen LogP contribution in [-0.4, -0.2) is 32.8 Å². The standard InChI is InChI=1S/C17H17FN4O/c18-13-5-3-4-12(10-13)15-14(11-23)16-17(21-7-1-2-8-21)19-6-9-22(16)20-15/h3-6,9-10,23H,1-2,7-8,11H2. The minimum atomic E-state index is -0.318. The zero-order chi connectivity index (χ0) is 15.8. The molecule has 1 fully saturated rings. The number of hydrogen-bond donors (Lipinski definition) is 1. The number of benzene rings is 1. The van der Waals surface area contributed by atoms with E-state index in [2.05, 4.69) is 15.0 Å². The number of hydrogen-bond acceptors (Lipinski definition) is 4. The Hall–Kier alpha value is -2.47. The van der Waals surface area contributed by atoms with Crippen molar-refractivity contribution in [1.29, 1.82) is 0 Å². The van der Waals surface area contributed by atoms with Crippen molar-refractivity contribution in [3.8, 4) is 11.3 Å². The smallest absolute Gasteiger partial charge is 0.155 e. The highest BCUT2D eigenvalue weighted by molar-refractivity contribution is 5.81. The molecule has 1 aliphatic rings. The highest BCUT2D eigenvalue weighted by atomic mass is 19.1. The third-order valence-corrected chi connectivity index (χ3v) is 4.29. The van der Waals surface area contributed by atoms with E-state index in [0.29, 0.717) is 16.8 Å². The molecular formula is C17H17FN4O. The third kappa shape index (κ3) is 2.35. The van der Waals surface area contributed by atoms with Crippen molar-refractivity contribution in [2.24, 2.45) is 0 Å². The summed E-state index contributed by atoms with van der Waals surface area (Å²) in [5, 5.41) is 14.5. The van der Waals surface area contributed by atoms with Crippen molar-refractivity contribution in [2.75, 3.05) is 18.0 Å². The summed E-state index contributed by atoms with van der Waals surface area (Å²) >= 11 is 0. The first-order valence-electron chi connectivity index (χ1n) is 7.76. The maximum atomic E-state index is 13.6. The summed E-state index contributed by atoms with van der Waals surface area (Å²) in [7, 11) is 0. The number of aromatic nitrogens is 3. The topological polar surface area (TPSA) is 53.7 Å². The van der Waals surface area contributed by atoms with Gasteiger partial charge in [-0.2, -0.15) is 5.10 Å². The number of fused-ring (bicyclic) bond motifs is 1. The van der Waals surface area contributed by atoms with Gasteiger partial charge in [-0.05, 0) is 25.0 Å². The molecule has 23 heavy (non-hydrogen) atoms. The van der Waals surface area contributed by atoms with Gasteiger partial charge in [0.2, 0.25) is 0 Å². The van der Waals surface area contributed by atoms with E-state index in [1.54, 1.807) is 29.0 Å². The van der Waals surface area contributed by atoms with Crippen LogP contribution >= 0.6 is 0 Å². The normalized spacial score (nSPS) is 14.8. The minimum Gasteiger partial charge on any atom is -0.392 e. The Kier molecular flexibility index (Phi) is 3.46. The van der Waals surface area contributed by atoms with Crippen molar-refractivity contribution < 1.29 is 9.50 Å². The number of rotatable bonds is 3. The van der Waals surface area contributed by atoms with Crippen LogP contribution in [-0.2, 0) is 6.61 Å². The largest absolute Gasteiger partial charge is 0.392 e. The number of aliphatic hydroxyl groups is 1. The quantitative estimate of drug-likeness (QED) is 0.808. The lowest BCUT2D eigenvalue weighted by atomic mass is 10.1. The van der Waals surface area contributed by atoms with Crippen molar-refractivity contribution >= 4 is 11.3 Å². The molecule has 1 aromatic carbocycles. The molecule has 3 aromatic rings. The maximum Gasteiger partial charge on any atom is 0.155 e. The molecule has 5 nitrogen and oxygen atoms in total. The van der Waals surface area contributed by atoms with Gasteiger partial charge in [-0.3, -0.25) is 0 Å². The molecular weight excluding hydrogens is 295 g/mol. The van der Waals surface area contributed by atoms with Crippen molar-refractivity contribution in [3.05, 3.63) is 48.0 Å². The average molecular weight is 312 g/mol. The van der Waals surface area contributed by atoms with Crippen LogP contribution in [0.15, 0.2) is 36.7 Å². The van der Waals surface area contributed by atoms with Crippen LogP contribution in [0.2, 0.25) is 0 Å². The van der Waals surface area contributed by atoms with E-state index in [1.807, 2.05) is 0 Å². The van der Waals surface area contributed by atoms with E-state index < -0.39 is 0 Å². The molecule has 0 amide bonds. The summed E-state index contributed by atoms with van der Waals surface area (Å²) in [6.45, 7) is 1.75. The molecule has 1 aliphatic heterocycles. The van der Waals surface area contributed by atoms with E-state index in [4.69, 9.17) is 0 Å². The molecule has 3 heterocycles. The second kappa shape index (κ2) is 5.62. The second-order valence-corrected chi connectivity index (χ2v) is 5.73. The Morgan fingerprint density at radius 1 is 1.22 bits per heavy atom. The lowest BCUT2D eigenvalue weighted by Crippen LogP contribution is -2.20. The fourth-order valence-corrected chi connectivity index (χ4v) is 3.22. The van der Waals surface area contributed by atoms with E-state index in [-0.39, 0.29) is 12.4 Å². The first-order chi connectivity index (χ1) is 11.3. The van der Waals surface area contributed by atoms with Gasteiger partial charge in [0.1, 0.15) is 11.3 Å². The van der Waals surface area contributed by atoms with Crippen LogP contribution in [0.4, 0.5) is 10.2 Å². The molecule has 0 bridgehead atoms. The number of anilines is 1. The lowest BCUT2D eigenvalue weighted by Gasteiger charge is -2.17. The predicted molar refractivity (Wildman–Crippen MR) is 85.8 cm³/mol. The summed E-state index contributed by atoms with van der Waals surface area (Å²) in [4.78, 5) is 6.72. The van der Waals surface area contributed by atoms with Gasteiger partial charge in [-0.15, -0.1) is 0 Å². The highest BCUT2D eigenvalue weighted by Gasteiger charge is 2.22. The third-order valence-electron chi connectivity index (χ3n) is 4.29. The van der Waals surface area contributed by atoms with Gasteiger partial charge in [-0.25, -0.2) is 13.9 Å². The van der Waals surface area contributed by atoms with E-state index in [1.165, 1.54) is 12.1 Å². The summed E-state index contributed by atoms with van der Waals surface area (Å²) < 4.78 is 15.3. The summed E-state index contributed by atoms with van der Waals surface area (Å²) in [6.07, 6.45) is 5.76. The van der Waals surface area contributed by atoms with Gasteiger partial charge < -0.3 is 10.0 Å². The molecule has 6 heteroatoms. The van der Waals surface area contributed by atoms with Crippen LogP contribution < -0.4 is 4.90 Å². The van der Waals surface area contributed by atoms with Gasteiger partial charge in [0, 0.05) is 36.6 Å². The molecule has 0 spiro atoms. The maximum absolute atomic E-state index is 13.6. The summed E-state index contributed by atoms with van der Waals surface area (Å²) in [5.74, 6) is 0.519. The van der Waals surface area contributed by atoms with E-state index in [0.717, 1.165) is 37.3 Å². The van der Waals surface area contributed by atoms with Crippen LogP contribution in [0.1, 0.15) is 18.4 Å². The van der Waals surface area contributed by atoms with E-state index >= 15 is 0 Å². The number of halogens is 1. The van der Waals surface area contributed by atoms with Crippen molar-refractivity contribution in [3.63, 3.8) is 0 Å². The van der Waals surface area contributed by atoms with Crippen LogP contribution in [0.25, 0.3) is 16.8 Å². The first-order valence-corrected chi connectivity index (χ1v) is 7.76. The predicted octanol–water partition coefficient (Wildman–Crippen LogP) is 2.63. The fourth-order valence-electron chi connectivity index (χ4n) is 3.22. The van der Waals surface area contributed by atoms with Crippen molar-refractivity contribution in [1.82, 2.24) is 14.6 Å². The monoisotopic (exact) mass is 312 g/mol. The molecule has 118 valence electrons. The molecule has 1 N–H and O–H groups in total. The molecule has 2 aromatic heterocycles. The Bertz CT molecular complexity index is 855. The van der Waals surface area contributed by atoms with Crippen LogP contribution in [0, 0.1) is 5.82 Å². The zero-order valence-electron chi connectivity index (χ0n) is 12.6. The second-order valence-electron chi connectivity index (χ2n) is 5.73. The molecule has 0 radical (unpaired) electrons. The Balaban J connectivity index is 1.95. The summed E-state index contributed by atoms with van der Waals surface area (Å²) in [5.41, 5.74) is 2.74. The van der Waals surface area contributed by atoms with Crippen LogP contribution in [0.3, 0.4) is 0 Å². The minimum absolute atomic E-state index is 0.165. The van der Waals surface area contributed by atoms with E-state index in [9.17, 15) is 9.50 Å². The fraction of sp³-hybridized carbons (Fsp3) is 0.294. The number of aliphatic hydroxyl groups excluding tert-OH is 1. The Morgan fingerprint density at radius 2 is 2.04 bits per heavy atom. The van der Waals surface area contributed by atoms with Gasteiger partial charge in [0.15, 0.2) is 5.82 Å². The Labute approximate surface area is 133 Å². The van der Waals surface area contributed by atoms with Gasteiger partial charge in [0.25, 0.3) is 0 Å². The number of nitrogens with zero attached hydrogens (tertiary/aromatic N) is 4. The zero-order valence-corrected chi connectivity index (χ0v) is 12.6.